The molecule has 1 aromatic carbocycles. The maximum Gasteiger partial charge on any atom is 0.254 e. The summed E-state index contributed by atoms with van der Waals surface area (Å²) in [4.78, 5) is 18.2. The lowest BCUT2D eigenvalue weighted by molar-refractivity contribution is 0.0700. The number of H-pyrrole nitrogens is 1. The zero-order chi connectivity index (χ0) is 21.6. The van der Waals surface area contributed by atoms with Gasteiger partial charge in [-0.25, -0.2) is 8.42 Å². The van der Waals surface area contributed by atoms with E-state index in [4.69, 9.17) is 0 Å². The Morgan fingerprint density at radius 3 is 2.43 bits per heavy atom. The minimum absolute atomic E-state index is 0.0720. The van der Waals surface area contributed by atoms with Crippen molar-refractivity contribution in [3.05, 3.63) is 47.4 Å². The molecule has 8 nitrogen and oxygen atoms in total. The van der Waals surface area contributed by atoms with Crippen molar-refractivity contribution in [3.63, 3.8) is 0 Å². The minimum atomic E-state index is -3.67. The monoisotopic (exact) mass is 429 g/mol. The summed E-state index contributed by atoms with van der Waals surface area (Å²) in [6, 6.07) is 7.57. The highest BCUT2D eigenvalue weighted by Crippen LogP contribution is 2.27. The number of carbonyl (C=O) groups is 1. The maximum atomic E-state index is 13.3. The van der Waals surface area contributed by atoms with Crippen molar-refractivity contribution in [2.45, 2.75) is 38.6 Å². The number of nitrogens with one attached hydrogen (secondary N) is 1. The summed E-state index contributed by atoms with van der Waals surface area (Å²) in [5.74, 6) is -0.0720. The number of fused-ring (bicyclic) bond motifs is 1. The SMILES string of the molecule is Cc1nn(C(C)C)c(C)c1S(=O)(=O)N1CCN(C(=O)c2cccc3[nH]ccc23)CC1. The third kappa shape index (κ3) is 3.31. The molecule has 9 heteroatoms. The van der Waals surface area contributed by atoms with Crippen LogP contribution in [0, 0.1) is 13.8 Å². The number of benzene rings is 1. The standard InChI is InChI=1S/C21H27N5O3S/c1-14(2)26-16(4)20(15(3)23-26)30(28,29)25-12-10-24(11-13-25)21(27)18-6-5-7-19-17(18)8-9-22-19/h5-9,14,22H,10-13H2,1-4H3. The second-order valence-corrected chi connectivity index (χ2v) is 9.85. The number of hydrogen-bond donors (Lipinski definition) is 1. The van der Waals surface area contributed by atoms with E-state index in [2.05, 4.69) is 10.1 Å². The molecule has 0 spiro atoms. The Kier molecular flexibility index (Phi) is 5.19. The average Bonchev–Trinajstić information content (AvgIpc) is 3.31. The van der Waals surface area contributed by atoms with Gasteiger partial charge in [-0.1, -0.05) is 6.07 Å². The van der Waals surface area contributed by atoms with Gasteiger partial charge in [-0.2, -0.15) is 9.40 Å². The van der Waals surface area contributed by atoms with Crippen LogP contribution >= 0.6 is 0 Å². The molecule has 4 rings (SSSR count). The number of piperazine rings is 1. The van der Waals surface area contributed by atoms with Gasteiger partial charge in [-0.15, -0.1) is 0 Å². The van der Waals surface area contributed by atoms with E-state index in [1.54, 1.807) is 23.4 Å². The van der Waals surface area contributed by atoms with E-state index in [-0.39, 0.29) is 29.9 Å². The second kappa shape index (κ2) is 7.55. The van der Waals surface area contributed by atoms with E-state index in [0.29, 0.717) is 30.0 Å². The molecular weight excluding hydrogens is 402 g/mol. The van der Waals surface area contributed by atoms with Gasteiger partial charge >= 0.3 is 0 Å². The maximum absolute atomic E-state index is 13.3. The first-order valence-electron chi connectivity index (χ1n) is 10.1. The van der Waals surface area contributed by atoms with Crippen LogP contribution in [0.1, 0.15) is 41.6 Å². The van der Waals surface area contributed by atoms with Crippen molar-refractivity contribution in [2.75, 3.05) is 26.2 Å². The highest BCUT2D eigenvalue weighted by atomic mass is 32.2. The molecule has 3 heterocycles. The Balaban J connectivity index is 1.53. The summed E-state index contributed by atoms with van der Waals surface area (Å²) in [6.07, 6.45) is 1.81. The van der Waals surface area contributed by atoms with Gasteiger partial charge in [0.25, 0.3) is 5.91 Å². The first kappa shape index (κ1) is 20.6. The van der Waals surface area contributed by atoms with Crippen LogP contribution in [-0.2, 0) is 10.0 Å². The van der Waals surface area contributed by atoms with E-state index in [1.807, 2.05) is 44.3 Å². The van der Waals surface area contributed by atoms with Crippen LogP contribution < -0.4 is 0 Å². The fraction of sp³-hybridized carbons (Fsp3) is 0.429. The number of rotatable bonds is 4. The largest absolute Gasteiger partial charge is 0.361 e. The normalized spacial score (nSPS) is 16.0. The first-order valence-corrected chi connectivity index (χ1v) is 11.6. The van der Waals surface area contributed by atoms with Gasteiger partial charge in [-0.05, 0) is 45.9 Å². The van der Waals surface area contributed by atoms with Crippen molar-refractivity contribution in [2.24, 2.45) is 0 Å². The molecular formula is C21H27N5O3S. The molecule has 3 aromatic rings. The van der Waals surface area contributed by atoms with Crippen molar-refractivity contribution >= 4 is 26.8 Å². The van der Waals surface area contributed by atoms with Gasteiger partial charge < -0.3 is 9.88 Å². The van der Waals surface area contributed by atoms with Gasteiger partial charge in [-0.3, -0.25) is 9.48 Å². The Labute approximate surface area is 176 Å². The summed E-state index contributed by atoms with van der Waals surface area (Å²) in [5.41, 5.74) is 2.71. The van der Waals surface area contributed by atoms with Gasteiger partial charge in [0.1, 0.15) is 4.90 Å². The lowest BCUT2D eigenvalue weighted by Gasteiger charge is -2.34. The molecule has 160 valence electrons. The number of carbonyl (C=O) groups excluding carboxylic acids is 1. The second-order valence-electron chi connectivity index (χ2n) is 7.98. The molecule has 0 bridgehead atoms. The number of aryl methyl sites for hydroxylation is 1. The van der Waals surface area contributed by atoms with Crippen LogP contribution in [0.5, 0.6) is 0 Å². The van der Waals surface area contributed by atoms with Gasteiger partial charge in [0.05, 0.1) is 11.4 Å². The van der Waals surface area contributed by atoms with E-state index < -0.39 is 10.0 Å². The van der Waals surface area contributed by atoms with Crippen LogP contribution in [0.25, 0.3) is 10.9 Å². The van der Waals surface area contributed by atoms with Crippen molar-refractivity contribution in [3.8, 4) is 0 Å². The molecule has 1 aliphatic rings. The van der Waals surface area contributed by atoms with E-state index in [9.17, 15) is 13.2 Å². The molecule has 30 heavy (non-hydrogen) atoms. The molecule has 0 unspecified atom stereocenters. The number of amides is 1. The summed E-state index contributed by atoms with van der Waals surface area (Å²) in [5, 5.41) is 5.30. The Bertz CT molecular complexity index is 1200. The number of hydrogen-bond acceptors (Lipinski definition) is 4. The third-order valence-electron chi connectivity index (χ3n) is 5.70. The molecule has 0 saturated carbocycles. The summed E-state index contributed by atoms with van der Waals surface area (Å²) < 4.78 is 29.9. The average molecular weight is 430 g/mol. The topological polar surface area (TPSA) is 91.3 Å². The van der Waals surface area contributed by atoms with Crippen molar-refractivity contribution < 1.29 is 13.2 Å². The van der Waals surface area contributed by atoms with E-state index in [0.717, 1.165) is 10.9 Å². The molecule has 1 amide bonds. The predicted molar refractivity (Wildman–Crippen MR) is 115 cm³/mol. The minimum Gasteiger partial charge on any atom is -0.361 e. The predicted octanol–water partition coefficient (Wildman–Crippen LogP) is 2.71. The number of aromatic nitrogens is 3. The van der Waals surface area contributed by atoms with Crippen LogP contribution in [0.4, 0.5) is 0 Å². The molecule has 1 aliphatic heterocycles. The number of aromatic amines is 1. The van der Waals surface area contributed by atoms with Crippen LogP contribution in [0.15, 0.2) is 35.4 Å². The Hall–Kier alpha value is -2.65. The van der Waals surface area contributed by atoms with Crippen LogP contribution in [-0.4, -0.2) is 64.5 Å². The summed E-state index contributed by atoms with van der Waals surface area (Å²) >= 11 is 0. The van der Waals surface area contributed by atoms with Crippen molar-refractivity contribution in [1.29, 1.82) is 0 Å². The molecule has 1 N–H and O–H groups in total. The summed E-state index contributed by atoms with van der Waals surface area (Å²) in [7, 11) is -3.67. The lowest BCUT2D eigenvalue weighted by Crippen LogP contribution is -2.50. The van der Waals surface area contributed by atoms with Crippen molar-refractivity contribution in [1.82, 2.24) is 24.0 Å². The molecule has 0 radical (unpaired) electrons. The Morgan fingerprint density at radius 2 is 1.80 bits per heavy atom. The Morgan fingerprint density at radius 1 is 1.10 bits per heavy atom. The highest BCUT2D eigenvalue weighted by molar-refractivity contribution is 7.89. The quantitative estimate of drug-likeness (QED) is 0.690. The number of sulfonamides is 1. The molecule has 1 fully saturated rings. The molecule has 2 aromatic heterocycles. The van der Waals surface area contributed by atoms with Crippen LogP contribution in [0.2, 0.25) is 0 Å². The highest BCUT2D eigenvalue weighted by Gasteiger charge is 2.34. The molecule has 0 aliphatic carbocycles. The first-order chi connectivity index (χ1) is 14.2. The molecule has 1 saturated heterocycles. The molecule has 0 atom stereocenters. The number of nitrogens with zero attached hydrogens (tertiary/aromatic N) is 4. The summed E-state index contributed by atoms with van der Waals surface area (Å²) in [6.45, 7) is 8.73. The third-order valence-corrected chi connectivity index (χ3v) is 7.85. The van der Waals surface area contributed by atoms with Gasteiger partial charge in [0.2, 0.25) is 10.0 Å². The zero-order valence-electron chi connectivity index (χ0n) is 17.7. The fourth-order valence-electron chi connectivity index (χ4n) is 4.23. The van der Waals surface area contributed by atoms with E-state index in [1.165, 1.54) is 4.31 Å². The van der Waals surface area contributed by atoms with Crippen LogP contribution in [0.3, 0.4) is 0 Å². The smallest absolute Gasteiger partial charge is 0.254 e. The fourth-order valence-corrected chi connectivity index (χ4v) is 6.01. The zero-order valence-corrected chi connectivity index (χ0v) is 18.5. The van der Waals surface area contributed by atoms with Gasteiger partial charge in [0, 0.05) is 54.9 Å². The van der Waals surface area contributed by atoms with E-state index >= 15 is 0 Å². The van der Waals surface area contributed by atoms with Gasteiger partial charge in [0.15, 0.2) is 0 Å². The lowest BCUT2D eigenvalue weighted by atomic mass is 10.1.